The fourth-order valence-electron chi connectivity index (χ4n) is 2.87. The molecule has 1 fully saturated rings. The average molecular weight is 294 g/mol. The summed E-state index contributed by atoms with van der Waals surface area (Å²) in [6.07, 6.45) is 5.53. The molecule has 2 aromatic heterocycles. The van der Waals surface area contributed by atoms with Crippen LogP contribution < -0.4 is 4.90 Å². The number of hydrogen-bond acceptors (Lipinski definition) is 5. The van der Waals surface area contributed by atoms with Gasteiger partial charge in [0, 0.05) is 44.0 Å². The molecule has 3 heterocycles. The lowest BCUT2D eigenvalue weighted by atomic mass is 10.3. The highest BCUT2D eigenvalue weighted by Gasteiger charge is 2.19. The van der Waals surface area contributed by atoms with E-state index in [-0.39, 0.29) is 0 Å². The van der Waals surface area contributed by atoms with E-state index in [0.29, 0.717) is 0 Å². The van der Waals surface area contributed by atoms with Crippen molar-refractivity contribution in [2.45, 2.75) is 6.67 Å². The Labute approximate surface area is 129 Å². The molecule has 1 saturated heterocycles. The molecule has 0 bridgehead atoms. The maximum absolute atomic E-state index is 4.50. The summed E-state index contributed by atoms with van der Waals surface area (Å²) < 4.78 is 2.07. The second kappa shape index (κ2) is 5.73. The molecule has 6 nitrogen and oxygen atoms in total. The number of piperazine rings is 1. The molecule has 1 aliphatic heterocycles. The zero-order valence-corrected chi connectivity index (χ0v) is 12.3. The van der Waals surface area contributed by atoms with Crippen molar-refractivity contribution < 1.29 is 0 Å². The fraction of sp³-hybridized carbons (Fsp3) is 0.312. The van der Waals surface area contributed by atoms with Crippen LogP contribution in [0.2, 0.25) is 0 Å². The van der Waals surface area contributed by atoms with Crippen molar-refractivity contribution in [3.8, 4) is 0 Å². The van der Waals surface area contributed by atoms with Gasteiger partial charge < -0.3 is 4.90 Å². The Morgan fingerprint density at radius 2 is 1.68 bits per heavy atom. The lowest BCUT2D eigenvalue weighted by molar-refractivity contribution is 0.198. The van der Waals surface area contributed by atoms with Gasteiger partial charge in [0.1, 0.15) is 0 Å². The van der Waals surface area contributed by atoms with Gasteiger partial charge in [-0.05, 0) is 12.1 Å². The van der Waals surface area contributed by atoms with Gasteiger partial charge in [0.15, 0.2) is 0 Å². The number of hydrogen-bond donors (Lipinski definition) is 0. The molecule has 0 radical (unpaired) electrons. The predicted octanol–water partition coefficient (Wildman–Crippen LogP) is 1.61. The monoisotopic (exact) mass is 294 g/mol. The fourth-order valence-corrected chi connectivity index (χ4v) is 2.87. The van der Waals surface area contributed by atoms with Gasteiger partial charge in [-0.25, -0.2) is 9.97 Å². The number of rotatable bonds is 3. The van der Waals surface area contributed by atoms with Crippen LogP contribution in [0.15, 0.2) is 48.9 Å². The molecule has 0 saturated carbocycles. The molecule has 22 heavy (non-hydrogen) atoms. The van der Waals surface area contributed by atoms with E-state index in [9.17, 15) is 0 Å². The minimum atomic E-state index is 0.826. The number of fused-ring (bicyclic) bond motifs is 1. The molecule has 0 spiro atoms. The summed E-state index contributed by atoms with van der Waals surface area (Å²) in [7, 11) is 0. The maximum Gasteiger partial charge on any atom is 0.225 e. The van der Waals surface area contributed by atoms with E-state index in [1.165, 1.54) is 10.9 Å². The van der Waals surface area contributed by atoms with Gasteiger partial charge in [0.2, 0.25) is 5.95 Å². The molecular formula is C16H18N6. The second-order valence-corrected chi connectivity index (χ2v) is 5.50. The van der Waals surface area contributed by atoms with Crippen LogP contribution in [0.4, 0.5) is 5.95 Å². The van der Waals surface area contributed by atoms with Gasteiger partial charge in [0.05, 0.1) is 18.4 Å². The van der Waals surface area contributed by atoms with Crippen molar-refractivity contribution in [1.82, 2.24) is 24.6 Å². The van der Waals surface area contributed by atoms with Crippen molar-refractivity contribution >= 4 is 16.9 Å². The Morgan fingerprint density at radius 3 is 2.50 bits per heavy atom. The van der Waals surface area contributed by atoms with Crippen LogP contribution in [0.1, 0.15) is 0 Å². The first-order chi connectivity index (χ1) is 10.9. The molecule has 112 valence electrons. The highest BCUT2D eigenvalue weighted by Crippen LogP contribution is 2.15. The van der Waals surface area contributed by atoms with Crippen molar-refractivity contribution in [3.63, 3.8) is 0 Å². The van der Waals surface area contributed by atoms with Crippen LogP contribution in [-0.4, -0.2) is 50.8 Å². The normalized spacial score (nSPS) is 16.3. The average Bonchev–Trinajstić information content (AvgIpc) is 3.00. The van der Waals surface area contributed by atoms with E-state index in [4.69, 9.17) is 0 Å². The SMILES string of the molecule is c1cnc(N2CCN(Cn3ncc4ccccc43)CC2)nc1. The zero-order chi connectivity index (χ0) is 14.8. The van der Waals surface area contributed by atoms with Gasteiger partial charge in [0.25, 0.3) is 0 Å². The lowest BCUT2D eigenvalue weighted by Crippen LogP contribution is -2.47. The lowest BCUT2D eigenvalue weighted by Gasteiger charge is -2.34. The molecule has 0 unspecified atom stereocenters. The first-order valence-electron chi connectivity index (χ1n) is 7.55. The van der Waals surface area contributed by atoms with E-state index in [2.05, 4.69) is 47.7 Å². The molecular weight excluding hydrogens is 276 g/mol. The van der Waals surface area contributed by atoms with Crippen LogP contribution in [0, 0.1) is 0 Å². The molecule has 0 atom stereocenters. The zero-order valence-electron chi connectivity index (χ0n) is 12.3. The number of anilines is 1. The number of para-hydroxylation sites is 1. The van der Waals surface area contributed by atoms with Gasteiger partial charge in [-0.2, -0.15) is 5.10 Å². The van der Waals surface area contributed by atoms with Crippen LogP contribution in [-0.2, 0) is 6.67 Å². The van der Waals surface area contributed by atoms with Crippen molar-refractivity contribution in [1.29, 1.82) is 0 Å². The molecule has 1 aliphatic rings. The third kappa shape index (κ3) is 2.53. The summed E-state index contributed by atoms with van der Waals surface area (Å²) in [6, 6.07) is 10.2. The standard InChI is InChI=1S/C16H18N6/c1-2-5-15-14(4-1)12-19-22(15)13-20-8-10-21(11-9-20)16-17-6-3-7-18-16/h1-7,12H,8-11,13H2. The number of benzene rings is 1. The predicted molar refractivity (Wildman–Crippen MR) is 85.6 cm³/mol. The largest absolute Gasteiger partial charge is 0.338 e. The summed E-state index contributed by atoms with van der Waals surface area (Å²) in [5.41, 5.74) is 1.19. The summed E-state index contributed by atoms with van der Waals surface area (Å²) in [5.74, 6) is 0.826. The van der Waals surface area contributed by atoms with E-state index in [1.807, 2.05) is 18.3 Å². The van der Waals surface area contributed by atoms with Crippen LogP contribution in [0.5, 0.6) is 0 Å². The van der Waals surface area contributed by atoms with Crippen LogP contribution >= 0.6 is 0 Å². The van der Waals surface area contributed by atoms with E-state index < -0.39 is 0 Å². The van der Waals surface area contributed by atoms with E-state index in [1.54, 1.807) is 12.4 Å². The highest BCUT2D eigenvalue weighted by atomic mass is 15.4. The molecule has 0 aliphatic carbocycles. The van der Waals surface area contributed by atoms with Gasteiger partial charge in [-0.3, -0.25) is 9.58 Å². The number of nitrogens with zero attached hydrogens (tertiary/aromatic N) is 6. The molecule has 1 aromatic carbocycles. The Bertz CT molecular complexity index is 745. The topological polar surface area (TPSA) is 50.1 Å². The second-order valence-electron chi connectivity index (χ2n) is 5.50. The highest BCUT2D eigenvalue weighted by molar-refractivity contribution is 5.78. The molecule has 0 amide bonds. The van der Waals surface area contributed by atoms with Crippen molar-refractivity contribution in [2.24, 2.45) is 0 Å². The Balaban J connectivity index is 1.42. The van der Waals surface area contributed by atoms with Gasteiger partial charge >= 0.3 is 0 Å². The van der Waals surface area contributed by atoms with Crippen LogP contribution in [0.25, 0.3) is 10.9 Å². The van der Waals surface area contributed by atoms with Crippen molar-refractivity contribution in [3.05, 3.63) is 48.9 Å². The molecule has 0 N–H and O–H groups in total. The third-order valence-electron chi connectivity index (χ3n) is 4.09. The first kappa shape index (κ1) is 13.2. The Morgan fingerprint density at radius 1 is 0.909 bits per heavy atom. The van der Waals surface area contributed by atoms with Gasteiger partial charge in [-0.1, -0.05) is 18.2 Å². The van der Waals surface area contributed by atoms with Gasteiger partial charge in [-0.15, -0.1) is 0 Å². The third-order valence-corrected chi connectivity index (χ3v) is 4.09. The van der Waals surface area contributed by atoms with Crippen LogP contribution in [0.3, 0.4) is 0 Å². The molecule has 3 aromatic rings. The molecule has 4 rings (SSSR count). The van der Waals surface area contributed by atoms with E-state index in [0.717, 1.165) is 38.8 Å². The maximum atomic E-state index is 4.50. The van der Waals surface area contributed by atoms with E-state index >= 15 is 0 Å². The minimum absolute atomic E-state index is 0.826. The smallest absolute Gasteiger partial charge is 0.225 e. The first-order valence-corrected chi connectivity index (χ1v) is 7.55. The molecule has 6 heteroatoms. The summed E-state index contributed by atoms with van der Waals surface area (Å²) in [5, 5.41) is 5.70. The number of aromatic nitrogens is 4. The summed E-state index contributed by atoms with van der Waals surface area (Å²) in [4.78, 5) is 13.3. The summed E-state index contributed by atoms with van der Waals surface area (Å²) in [6.45, 7) is 4.71. The Kier molecular flexibility index (Phi) is 3.44. The summed E-state index contributed by atoms with van der Waals surface area (Å²) >= 11 is 0. The van der Waals surface area contributed by atoms with Crippen molar-refractivity contribution in [2.75, 3.05) is 31.1 Å². The quantitative estimate of drug-likeness (QED) is 0.734. The minimum Gasteiger partial charge on any atom is -0.338 e. The Hall–Kier alpha value is -2.47.